The van der Waals surface area contributed by atoms with Gasteiger partial charge in [-0.15, -0.1) is 0 Å². The van der Waals surface area contributed by atoms with Crippen molar-refractivity contribution in [3.05, 3.63) is 89.1 Å². The van der Waals surface area contributed by atoms with E-state index < -0.39 is 0 Å². The van der Waals surface area contributed by atoms with Crippen molar-refractivity contribution in [3.8, 4) is 11.3 Å². The van der Waals surface area contributed by atoms with Crippen LogP contribution in [0.25, 0.3) is 11.3 Å². The second-order valence-electron chi connectivity index (χ2n) is 6.91. The smallest absolute Gasteiger partial charge is 0.251 e. The summed E-state index contributed by atoms with van der Waals surface area (Å²) in [5.41, 5.74) is 6.42. The number of aromatic nitrogens is 1. The Bertz CT molecular complexity index is 931. The summed E-state index contributed by atoms with van der Waals surface area (Å²) in [6, 6.07) is 20.2. The number of aryl methyl sites for hydroxylation is 2. The maximum Gasteiger partial charge on any atom is 0.251 e. The van der Waals surface area contributed by atoms with Gasteiger partial charge in [0.15, 0.2) is 0 Å². The number of benzene rings is 2. The van der Waals surface area contributed by atoms with Gasteiger partial charge in [0.1, 0.15) is 0 Å². The van der Waals surface area contributed by atoms with Crippen LogP contribution in [0.5, 0.6) is 0 Å². The van der Waals surface area contributed by atoms with Crippen LogP contribution in [0.1, 0.15) is 45.9 Å². The minimum Gasteiger partial charge on any atom is -0.345 e. The Labute approximate surface area is 154 Å². The molecule has 3 aromatic rings. The van der Waals surface area contributed by atoms with Crippen molar-refractivity contribution in [2.24, 2.45) is 0 Å². The summed E-state index contributed by atoms with van der Waals surface area (Å²) in [7, 11) is 0. The summed E-state index contributed by atoms with van der Waals surface area (Å²) in [5.74, 6) is -0.0181. The van der Waals surface area contributed by atoms with Crippen LogP contribution in [0.3, 0.4) is 0 Å². The highest BCUT2D eigenvalue weighted by molar-refractivity contribution is 5.95. The minimum atomic E-state index is -0.0181. The molecular formula is C23H22N2O. The summed E-state index contributed by atoms with van der Waals surface area (Å²) < 4.78 is 0. The second-order valence-corrected chi connectivity index (χ2v) is 6.91. The SMILES string of the molecule is Cc1ccnc(-c2ccc(C(=O)NC3CCCc4ccccc43)cc2)c1. The Morgan fingerprint density at radius 3 is 2.69 bits per heavy atom. The molecule has 0 fully saturated rings. The molecule has 1 amide bonds. The van der Waals surface area contributed by atoms with E-state index in [2.05, 4.69) is 35.4 Å². The van der Waals surface area contributed by atoms with Crippen molar-refractivity contribution in [2.75, 3.05) is 0 Å². The Morgan fingerprint density at radius 1 is 1.08 bits per heavy atom. The first-order chi connectivity index (χ1) is 12.7. The molecule has 0 aliphatic heterocycles. The summed E-state index contributed by atoms with van der Waals surface area (Å²) >= 11 is 0. The zero-order valence-corrected chi connectivity index (χ0v) is 14.9. The quantitative estimate of drug-likeness (QED) is 0.738. The predicted molar refractivity (Wildman–Crippen MR) is 104 cm³/mol. The van der Waals surface area contributed by atoms with Crippen molar-refractivity contribution in [2.45, 2.75) is 32.2 Å². The van der Waals surface area contributed by atoms with E-state index in [1.807, 2.05) is 48.7 Å². The fourth-order valence-corrected chi connectivity index (χ4v) is 3.63. The molecule has 1 atom stereocenters. The normalized spacial score (nSPS) is 16.0. The van der Waals surface area contributed by atoms with Crippen LogP contribution in [0.15, 0.2) is 66.9 Å². The average Bonchev–Trinajstić information content (AvgIpc) is 2.68. The number of amides is 1. The molecule has 0 spiro atoms. The molecule has 4 rings (SSSR count). The number of carbonyl (C=O) groups excluding carboxylic acids is 1. The Hall–Kier alpha value is -2.94. The number of rotatable bonds is 3. The van der Waals surface area contributed by atoms with Crippen LogP contribution in [-0.2, 0) is 6.42 Å². The van der Waals surface area contributed by atoms with Crippen molar-refractivity contribution < 1.29 is 4.79 Å². The Morgan fingerprint density at radius 2 is 1.88 bits per heavy atom. The number of carbonyl (C=O) groups is 1. The monoisotopic (exact) mass is 342 g/mol. The number of nitrogens with zero attached hydrogens (tertiary/aromatic N) is 1. The largest absolute Gasteiger partial charge is 0.345 e. The predicted octanol–water partition coefficient (Wildman–Crippen LogP) is 4.86. The van der Waals surface area contributed by atoms with Gasteiger partial charge < -0.3 is 5.32 Å². The van der Waals surface area contributed by atoms with E-state index in [0.29, 0.717) is 5.56 Å². The number of fused-ring (bicyclic) bond motifs is 1. The highest BCUT2D eigenvalue weighted by Crippen LogP contribution is 2.29. The first-order valence-electron chi connectivity index (χ1n) is 9.12. The highest BCUT2D eigenvalue weighted by Gasteiger charge is 2.21. The van der Waals surface area contributed by atoms with Crippen LogP contribution in [0.4, 0.5) is 0 Å². The highest BCUT2D eigenvalue weighted by atomic mass is 16.1. The molecule has 0 bridgehead atoms. The zero-order valence-electron chi connectivity index (χ0n) is 14.9. The summed E-state index contributed by atoms with van der Waals surface area (Å²) in [4.78, 5) is 17.1. The topological polar surface area (TPSA) is 42.0 Å². The molecule has 1 aliphatic carbocycles. The van der Waals surface area contributed by atoms with E-state index in [-0.39, 0.29) is 11.9 Å². The van der Waals surface area contributed by atoms with Gasteiger partial charge in [-0.2, -0.15) is 0 Å². The molecule has 3 nitrogen and oxygen atoms in total. The molecule has 1 N–H and O–H groups in total. The molecule has 1 aliphatic rings. The summed E-state index contributed by atoms with van der Waals surface area (Å²) in [6.07, 6.45) is 5.01. The third kappa shape index (κ3) is 3.38. The van der Waals surface area contributed by atoms with E-state index in [1.54, 1.807) is 0 Å². The third-order valence-electron chi connectivity index (χ3n) is 5.03. The number of pyridine rings is 1. The molecule has 2 aromatic carbocycles. The van der Waals surface area contributed by atoms with Crippen LogP contribution >= 0.6 is 0 Å². The molecule has 1 heterocycles. The first-order valence-corrected chi connectivity index (χ1v) is 9.12. The van der Waals surface area contributed by atoms with Crippen LogP contribution in [0.2, 0.25) is 0 Å². The molecule has 1 aromatic heterocycles. The van der Waals surface area contributed by atoms with E-state index >= 15 is 0 Å². The van der Waals surface area contributed by atoms with Gasteiger partial charge in [-0.1, -0.05) is 36.4 Å². The average molecular weight is 342 g/mol. The summed E-state index contributed by atoms with van der Waals surface area (Å²) in [6.45, 7) is 2.05. The van der Waals surface area contributed by atoms with Gasteiger partial charge in [0.25, 0.3) is 5.91 Å². The number of nitrogens with one attached hydrogen (secondary N) is 1. The van der Waals surface area contributed by atoms with Gasteiger partial charge in [0.05, 0.1) is 11.7 Å². The lowest BCUT2D eigenvalue weighted by Gasteiger charge is -2.26. The van der Waals surface area contributed by atoms with Crippen molar-refractivity contribution >= 4 is 5.91 Å². The molecule has 26 heavy (non-hydrogen) atoms. The van der Waals surface area contributed by atoms with Crippen molar-refractivity contribution in [1.29, 1.82) is 0 Å². The standard InChI is InChI=1S/C23H22N2O/c1-16-13-14-24-22(15-16)18-9-11-19(12-10-18)23(26)25-21-8-4-6-17-5-2-3-7-20(17)21/h2-3,5,7,9-15,21H,4,6,8H2,1H3,(H,25,26). The van der Waals surface area contributed by atoms with E-state index in [4.69, 9.17) is 0 Å². The fraction of sp³-hybridized carbons (Fsp3) is 0.217. The molecule has 0 radical (unpaired) electrons. The zero-order chi connectivity index (χ0) is 17.9. The minimum absolute atomic E-state index is 0.0181. The maximum absolute atomic E-state index is 12.7. The van der Waals surface area contributed by atoms with E-state index in [9.17, 15) is 4.79 Å². The fourth-order valence-electron chi connectivity index (χ4n) is 3.63. The second kappa shape index (κ2) is 7.12. The van der Waals surface area contributed by atoms with Gasteiger partial charge in [-0.05, 0) is 67.1 Å². The molecule has 3 heteroatoms. The van der Waals surface area contributed by atoms with Crippen LogP contribution < -0.4 is 5.32 Å². The van der Waals surface area contributed by atoms with Gasteiger partial charge in [-0.3, -0.25) is 9.78 Å². The number of hydrogen-bond donors (Lipinski definition) is 1. The molecule has 1 unspecified atom stereocenters. The van der Waals surface area contributed by atoms with E-state index in [0.717, 1.165) is 30.5 Å². The summed E-state index contributed by atoms with van der Waals surface area (Å²) in [5, 5.41) is 3.21. The lowest BCUT2D eigenvalue weighted by atomic mass is 9.87. The van der Waals surface area contributed by atoms with Crippen LogP contribution in [0, 0.1) is 6.92 Å². The van der Waals surface area contributed by atoms with Crippen LogP contribution in [-0.4, -0.2) is 10.9 Å². The maximum atomic E-state index is 12.7. The van der Waals surface area contributed by atoms with E-state index in [1.165, 1.54) is 16.7 Å². The van der Waals surface area contributed by atoms with Gasteiger partial charge in [-0.25, -0.2) is 0 Å². The third-order valence-corrected chi connectivity index (χ3v) is 5.03. The Balaban J connectivity index is 1.51. The number of hydrogen-bond acceptors (Lipinski definition) is 2. The van der Waals surface area contributed by atoms with Crippen molar-refractivity contribution in [3.63, 3.8) is 0 Å². The Kier molecular flexibility index (Phi) is 4.53. The van der Waals surface area contributed by atoms with Gasteiger partial charge >= 0.3 is 0 Å². The van der Waals surface area contributed by atoms with Gasteiger partial charge in [0, 0.05) is 17.3 Å². The molecule has 130 valence electrons. The molecule has 0 saturated carbocycles. The molecular weight excluding hydrogens is 320 g/mol. The van der Waals surface area contributed by atoms with Crippen molar-refractivity contribution in [1.82, 2.24) is 10.3 Å². The lowest BCUT2D eigenvalue weighted by Crippen LogP contribution is -2.30. The first kappa shape index (κ1) is 16.5. The molecule has 0 saturated heterocycles. The lowest BCUT2D eigenvalue weighted by molar-refractivity contribution is 0.0933. The van der Waals surface area contributed by atoms with Gasteiger partial charge in [0.2, 0.25) is 0 Å².